The van der Waals surface area contributed by atoms with Gasteiger partial charge in [0.05, 0.1) is 5.69 Å². The lowest BCUT2D eigenvalue weighted by molar-refractivity contribution is -0.119. The van der Waals surface area contributed by atoms with Gasteiger partial charge in [0.15, 0.2) is 0 Å². The molecule has 2 amide bonds. The van der Waals surface area contributed by atoms with Crippen molar-refractivity contribution in [3.8, 4) is 0 Å². The Morgan fingerprint density at radius 1 is 1.29 bits per heavy atom. The van der Waals surface area contributed by atoms with E-state index < -0.39 is 0 Å². The van der Waals surface area contributed by atoms with Gasteiger partial charge in [0.25, 0.3) is 5.91 Å². The summed E-state index contributed by atoms with van der Waals surface area (Å²) < 4.78 is 0. The zero-order valence-corrected chi connectivity index (χ0v) is 15.1. The summed E-state index contributed by atoms with van der Waals surface area (Å²) in [6.07, 6.45) is 2.75. The average Bonchev–Trinajstić information content (AvgIpc) is 2.54. The van der Waals surface area contributed by atoms with E-state index >= 15 is 0 Å². The number of carbonyl (C=O) groups is 2. The van der Waals surface area contributed by atoms with Crippen molar-refractivity contribution < 1.29 is 9.59 Å². The summed E-state index contributed by atoms with van der Waals surface area (Å²) in [4.78, 5) is 24.5. The largest absolute Gasteiger partial charge is 0.351 e. The molecule has 0 radical (unpaired) electrons. The molecule has 2 rings (SSSR count). The summed E-state index contributed by atoms with van der Waals surface area (Å²) in [5, 5.41) is 8.63. The number of hydrogen-bond acceptors (Lipinski definition) is 3. The van der Waals surface area contributed by atoms with Crippen molar-refractivity contribution in [3.63, 3.8) is 0 Å². The number of carbonyl (C=O) groups excluding carboxylic acids is 2. The third kappa shape index (κ3) is 4.66. The quantitative estimate of drug-likeness (QED) is 0.814. The third-order valence-corrected chi connectivity index (χ3v) is 4.13. The molecule has 1 N–H and O–H groups in total. The molecular formula is C19H27N3O2. The molecule has 0 atom stereocenters. The predicted molar refractivity (Wildman–Crippen MR) is 97.2 cm³/mol. The van der Waals surface area contributed by atoms with Crippen molar-refractivity contribution in [1.29, 1.82) is 0 Å². The summed E-state index contributed by atoms with van der Waals surface area (Å²) in [7, 11) is 0. The Balaban J connectivity index is 2.10. The lowest BCUT2D eigenvalue weighted by Crippen LogP contribution is -2.39. The van der Waals surface area contributed by atoms with Crippen molar-refractivity contribution in [3.05, 3.63) is 29.3 Å². The molecule has 1 aliphatic rings. The third-order valence-electron chi connectivity index (χ3n) is 4.13. The highest BCUT2D eigenvalue weighted by Gasteiger charge is 2.26. The van der Waals surface area contributed by atoms with Crippen LogP contribution in [0.2, 0.25) is 0 Å². The van der Waals surface area contributed by atoms with Crippen molar-refractivity contribution >= 4 is 23.2 Å². The van der Waals surface area contributed by atoms with Crippen LogP contribution in [-0.4, -0.2) is 24.1 Å². The second-order valence-electron chi connectivity index (χ2n) is 6.83. The van der Waals surface area contributed by atoms with Crippen LogP contribution in [0.5, 0.6) is 0 Å². The number of rotatable bonds is 6. The molecule has 5 heteroatoms. The molecule has 0 bridgehead atoms. The first kappa shape index (κ1) is 18.2. The van der Waals surface area contributed by atoms with Gasteiger partial charge in [-0.2, -0.15) is 5.10 Å². The molecule has 0 fully saturated rings. The number of benzene rings is 1. The Bertz CT molecular complexity index is 650. The zero-order chi connectivity index (χ0) is 17.7. The molecule has 0 spiro atoms. The fourth-order valence-corrected chi connectivity index (χ4v) is 2.67. The van der Waals surface area contributed by atoms with Gasteiger partial charge < -0.3 is 5.32 Å². The molecule has 0 saturated heterocycles. The molecule has 130 valence electrons. The molecular weight excluding hydrogens is 302 g/mol. The van der Waals surface area contributed by atoms with E-state index in [0.29, 0.717) is 31.0 Å². The van der Waals surface area contributed by atoms with E-state index in [9.17, 15) is 9.59 Å². The fraction of sp³-hybridized carbons (Fsp3) is 0.526. The van der Waals surface area contributed by atoms with Gasteiger partial charge in [0.1, 0.15) is 5.71 Å². The van der Waals surface area contributed by atoms with Crippen molar-refractivity contribution in [2.45, 2.75) is 53.4 Å². The van der Waals surface area contributed by atoms with Crippen LogP contribution in [0.1, 0.15) is 50.7 Å². The smallest absolute Gasteiger partial charge is 0.267 e. The maximum Gasteiger partial charge on any atom is 0.267 e. The van der Waals surface area contributed by atoms with Gasteiger partial charge in [-0.3, -0.25) is 9.59 Å². The monoisotopic (exact) mass is 329 g/mol. The van der Waals surface area contributed by atoms with Gasteiger partial charge in [-0.25, -0.2) is 5.01 Å². The number of anilines is 1. The first-order valence-corrected chi connectivity index (χ1v) is 8.64. The van der Waals surface area contributed by atoms with Crippen LogP contribution in [0.25, 0.3) is 0 Å². The molecule has 0 saturated carbocycles. The van der Waals surface area contributed by atoms with Crippen molar-refractivity contribution in [1.82, 2.24) is 5.32 Å². The van der Waals surface area contributed by atoms with Gasteiger partial charge in [0.2, 0.25) is 5.91 Å². The van der Waals surface area contributed by atoms with Crippen molar-refractivity contribution in [2.24, 2.45) is 11.0 Å². The van der Waals surface area contributed by atoms with Gasteiger partial charge >= 0.3 is 0 Å². The second-order valence-corrected chi connectivity index (χ2v) is 6.83. The summed E-state index contributed by atoms with van der Waals surface area (Å²) in [5.41, 5.74) is 3.21. The van der Waals surface area contributed by atoms with Gasteiger partial charge in [0, 0.05) is 19.4 Å². The Kier molecular flexibility index (Phi) is 6.12. The number of hydrogen-bond donors (Lipinski definition) is 1. The maximum atomic E-state index is 12.3. The Hall–Kier alpha value is -2.17. The second kappa shape index (κ2) is 8.08. The molecule has 24 heavy (non-hydrogen) atoms. The lowest BCUT2D eigenvalue weighted by atomic mass is 10.1. The van der Waals surface area contributed by atoms with E-state index in [1.54, 1.807) is 0 Å². The first-order chi connectivity index (χ1) is 11.4. The SMILES string of the molecule is Cc1ccc(C)c(N2N=C(C(=O)NCCCC(C)C)CCC2=O)c1. The van der Waals surface area contributed by atoms with E-state index in [1.807, 2.05) is 32.0 Å². The van der Waals surface area contributed by atoms with Gasteiger partial charge in [-0.05, 0) is 49.8 Å². The lowest BCUT2D eigenvalue weighted by Gasteiger charge is -2.24. The highest BCUT2D eigenvalue weighted by molar-refractivity contribution is 6.40. The Labute approximate surface area is 144 Å². The summed E-state index contributed by atoms with van der Waals surface area (Å²) in [5.74, 6) is 0.396. The number of amides is 2. The van der Waals surface area contributed by atoms with Crippen LogP contribution < -0.4 is 10.3 Å². The zero-order valence-electron chi connectivity index (χ0n) is 15.1. The molecule has 5 nitrogen and oxygen atoms in total. The minimum absolute atomic E-state index is 0.0694. The molecule has 0 aliphatic carbocycles. The Morgan fingerprint density at radius 2 is 2.04 bits per heavy atom. The van der Waals surface area contributed by atoms with Crippen LogP contribution in [-0.2, 0) is 9.59 Å². The summed E-state index contributed by atoms with van der Waals surface area (Å²) in [6.45, 7) is 8.90. The Morgan fingerprint density at radius 3 is 2.75 bits per heavy atom. The van der Waals surface area contributed by atoms with E-state index in [-0.39, 0.29) is 11.8 Å². The molecule has 0 aromatic heterocycles. The maximum absolute atomic E-state index is 12.3. The van der Waals surface area contributed by atoms with E-state index in [1.165, 1.54) is 5.01 Å². The summed E-state index contributed by atoms with van der Waals surface area (Å²) >= 11 is 0. The molecule has 1 heterocycles. The first-order valence-electron chi connectivity index (χ1n) is 8.64. The van der Waals surface area contributed by atoms with Crippen LogP contribution in [0.4, 0.5) is 5.69 Å². The minimum Gasteiger partial charge on any atom is -0.351 e. The van der Waals surface area contributed by atoms with E-state index in [0.717, 1.165) is 29.7 Å². The highest BCUT2D eigenvalue weighted by Crippen LogP contribution is 2.25. The fourth-order valence-electron chi connectivity index (χ4n) is 2.67. The predicted octanol–water partition coefficient (Wildman–Crippen LogP) is 3.34. The van der Waals surface area contributed by atoms with Crippen LogP contribution in [0.15, 0.2) is 23.3 Å². The number of nitrogens with one attached hydrogen (secondary N) is 1. The standard InChI is InChI=1S/C19H27N3O2/c1-13(2)6-5-11-20-19(24)16-9-10-18(23)22(21-16)17-12-14(3)7-8-15(17)4/h7-8,12-13H,5-6,9-11H2,1-4H3,(H,20,24). The van der Waals surface area contributed by atoms with Crippen LogP contribution >= 0.6 is 0 Å². The topological polar surface area (TPSA) is 61.8 Å². The van der Waals surface area contributed by atoms with Crippen LogP contribution in [0, 0.1) is 19.8 Å². The van der Waals surface area contributed by atoms with Gasteiger partial charge in [-0.1, -0.05) is 26.0 Å². The number of aryl methyl sites for hydroxylation is 2. The molecule has 1 aromatic rings. The number of nitrogens with zero attached hydrogens (tertiary/aromatic N) is 2. The molecule has 1 aliphatic heterocycles. The molecule has 1 aromatic carbocycles. The normalized spacial score (nSPS) is 14.8. The van der Waals surface area contributed by atoms with E-state index in [2.05, 4.69) is 24.3 Å². The summed E-state index contributed by atoms with van der Waals surface area (Å²) in [6, 6.07) is 5.90. The van der Waals surface area contributed by atoms with Crippen LogP contribution in [0.3, 0.4) is 0 Å². The van der Waals surface area contributed by atoms with Gasteiger partial charge in [-0.15, -0.1) is 0 Å². The van der Waals surface area contributed by atoms with E-state index in [4.69, 9.17) is 0 Å². The van der Waals surface area contributed by atoms with Crippen molar-refractivity contribution in [2.75, 3.05) is 11.6 Å². The number of hydrazone groups is 1. The molecule has 0 unspecified atom stereocenters. The minimum atomic E-state index is -0.165. The average molecular weight is 329 g/mol. The highest BCUT2D eigenvalue weighted by atomic mass is 16.2.